The molecule has 0 bridgehead atoms. The summed E-state index contributed by atoms with van der Waals surface area (Å²) in [6.45, 7) is 1.93. The first-order valence-corrected chi connectivity index (χ1v) is 10.0. The van der Waals surface area contributed by atoms with Gasteiger partial charge in [0.15, 0.2) is 0 Å². The second-order valence-corrected chi connectivity index (χ2v) is 8.17. The molecule has 0 unspecified atom stereocenters. The zero-order chi connectivity index (χ0) is 19.0. The predicted molar refractivity (Wildman–Crippen MR) is 101 cm³/mol. The number of fused-ring (bicyclic) bond motifs is 2. The molecule has 6 heteroatoms. The fraction of sp³-hybridized carbons (Fsp3) is 0.571. The van der Waals surface area contributed by atoms with Gasteiger partial charge in [0.1, 0.15) is 12.1 Å². The molecule has 3 atom stereocenters. The maximum absolute atomic E-state index is 13.2. The summed E-state index contributed by atoms with van der Waals surface area (Å²) in [6.07, 6.45) is 6.69. The number of benzene rings is 1. The number of hydrogen-bond acceptors (Lipinski definition) is 3. The third-order valence-electron chi connectivity index (χ3n) is 6.41. The molecule has 0 aromatic heterocycles. The maximum atomic E-state index is 13.2. The van der Waals surface area contributed by atoms with Gasteiger partial charge in [0.25, 0.3) is 5.91 Å². The van der Waals surface area contributed by atoms with Gasteiger partial charge < -0.3 is 10.6 Å². The van der Waals surface area contributed by atoms with Crippen LogP contribution in [0.4, 0.5) is 4.79 Å². The predicted octanol–water partition coefficient (Wildman–Crippen LogP) is 2.46. The summed E-state index contributed by atoms with van der Waals surface area (Å²) >= 11 is 0. The molecule has 1 saturated carbocycles. The van der Waals surface area contributed by atoms with Crippen molar-refractivity contribution in [1.29, 1.82) is 0 Å². The average Bonchev–Trinajstić information content (AvgIpc) is 2.89. The maximum Gasteiger partial charge on any atom is 0.325 e. The lowest BCUT2D eigenvalue weighted by Gasteiger charge is -2.33. The Morgan fingerprint density at radius 2 is 2.00 bits per heavy atom. The monoisotopic (exact) mass is 369 g/mol. The van der Waals surface area contributed by atoms with Crippen molar-refractivity contribution in [2.75, 3.05) is 6.54 Å². The van der Waals surface area contributed by atoms with Gasteiger partial charge in [-0.15, -0.1) is 0 Å². The van der Waals surface area contributed by atoms with Crippen molar-refractivity contribution < 1.29 is 14.4 Å². The Hall–Kier alpha value is -2.37. The number of rotatable bonds is 3. The van der Waals surface area contributed by atoms with Crippen molar-refractivity contribution in [3.05, 3.63) is 35.4 Å². The summed E-state index contributed by atoms with van der Waals surface area (Å²) < 4.78 is 0. The molecule has 1 saturated heterocycles. The lowest BCUT2D eigenvalue weighted by Crippen LogP contribution is -2.49. The van der Waals surface area contributed by atoms with Crippen molar-refractivity contribution in [2.24, 2.45) is 5.92 Å². The van der Waals surface area contributed by atoms with Crippen molar-refractivity contribution in [1.82, 2.24) is 15.5 Å². The van der Waals surface area contributed by atoms with E-state index < -0.39 is 11.6 Å². The molecular weight excluding hydrogens is 342 g/mol. The van der Waals surface area contributed by atoms with Crippen LogP contribution in [0.15, 0.2) is 24.3 Å². The van der Waals surface area contributed by atoms with Crippen molar-refractivity contribution in [2.45, 2.75) is 63.5 Å². The zero-order valence-corrected chi connectivity index (χ0v) is 15.8. The van der Waals surface area contributed by atoms with Crippen LogP contribution in [0.2, 0.25) is 0 Å². The number of amides is 4. The molecule has 1 aromatic rings. The van der Waals surface area contributed by atoms with Crippen LogP contribution < -0.4 is 10.6 Å². The lowest BCUT2D eigenvalue weighted by molar-refractivity contribution is -0.136. The Bertz CT molecular complexity index is 778. The summed E-state index contributed by atoms with van der Waals surface area (Å²) in [7, 11) is 0. The fourth-order valence-corrected chi connectivity index (χ4v) is 4.88. The van der Waals surface area contributed by atoms with Gasteiger partial charge in [-0.05, 0) is 49.1 Å². The first-order valence-electron chi connectivity index (χ1n) is 10.0. The normalized spacial score (nSPS) is 30.2. The standard InChI is InChI=1S/C21H27N3O3/c1-14-7-2-5-11-17(14)22-18(25)13-24-19(26)21(23-20(24)27)12-6-9-15-8-3-4-10-16(15)21/h3-4,8,10,14,17H,2,5-7,9,11-13H2,1H3,(H,22,25)(H,23,27)/t14-,17+,21-/m0/s1. The van der Waals surface area contributed by atoms with Crippen LogP contribution in [0.3, 0.4) is 0 Å². The van der Waals surface area contributed by atoms with Crippen molar-refractivity contribution in [3.63, 3.8) is 0 Å². The highest BCUT2D eigenvalue weighted by Crippen LogP contribution is 2.39. The molecule has 144 valence electrons. The average molecular weight is 369 g/mol. The smallest absolute Gasteiger partial charge is 0.325 e. The van der Waals surface area contributed by atoms with Crippen LogP contribution in [0.1, 0.15) is 56.6 Å². The Morgan fingerprint density at radius 1 is 1.22 bits per heavy atom. The number of imide groups is 1. The molecule has 0 radical (unpaired) electrons. The number of aryl methyl sites for hydroxylation is 1. The molecule has 2 aliphatic carbocycles. The van der Waals surface area contributed by atoms with Gasteiger partial charge in [0.05, 0.1) is 0 Å². The minimum atomic E-state index is -1.01. The summed E-state index contributed by atoms with van der Waals surface area (Å²) in [5.41, 5.74) is 0.961. The molecule has 2 N–H and O–H groups in total. The van der Waals surface area contributed by atoms with E-state index in [-0.39, 0.29) is 24.4 Å². The molecule has 3 aliphatic rings. The fourth-order valence-electron chi connectivity index (χ4n) is 4.88. The Kier molecular flexibility index (Phi) is 4.66. The third kappa shape index (κ3) is 3.11. The quantitative estimate of drug-likeness (QED) is 0.804. The number of carbonyl (C=O) groups excluding carboxylic acids is 3. The number of nitrogens with zero attached hydrogens (tertiary/aromatic N) is 1. The molecule has 1 spiro atoms. The van der Waals surface area contributed by atoms with Crippen molar-refractivity contribution >= 4 is 17.8 Å². The van der Waals surface area contributed by atoms with E-state index in [4.69, 9.17) is 0 Å². The second-order valence-electron chi connectivity index (χ2n) is 8.17. The lowest BCUT2D eigenvalue weighted by atomic mass is 9.76. The number of urea groups is 1. The highest BCUT2D eigenvalue weighted by atomic mass is 16.2. The van der Waals surface area contributed by atoms with E-state index in [1.807, 2.05) is 24.3 Å². The first-order chi connectivity index (χ1) is 13.0. The molecule has 2 fully saturated rings. The van der Waals surface area contributed by atoms with E-state index in [9.17, 15) is 14.4 Å². The third-order valence-corrected chi connectivity index (χ3v) is 6.41. The van der Waals surface area contributed by atoms with Crippen LogP contribution in [0.25, 0.3) is 0 Å². The Balaban J connectivity index is 1.50. The van der Waals surface area contributed by atoms with E-state index >= 15 is 0 Å². The highest BCUT2D eigenvalue weighted by molar-refractivity contribution is 6.09. The van der Waals surface area contributed by atoms with E-state index in [0.29, 0.717) is 12.3 Å². The minimum Gasteiger partial charge on any atom is -0.352 e. The van der Waals surface area contributed by atoms with Gasteiger partial charge >= 0.3 is 6.03 Å². The minimum absolute atomic E-state index is 0.136. The van der Waals surface area contributed by atoms with Crippen LogP contribution >= 0.6 is 0 Å². The molecule has 6 nitrogen and oxygen atoms in total. The molecular formula is C21H27N3O3. The van der Waals surface area contributed by atoms with E-state index in [1.165, 1.54) is 6.42 Å². The Morgan fingerprint density at radius 3 is 2.81 bits per heavy atom. The van der Waals surface area contributed by atoms with Gasteiger partial charge in [-0.1, -0.05) is 44.0 Å². The van der Waals surface area contributed by atoms with Crippen LogP contribution in [-0.2, 0) is 21.5 Å². The summed E-state index contributed by atoms with van der Waals surface area (Å²) in [4.78, 5) is 39.4. The Labute approximate surface area is 159 Å². The molecule has 4 amide bonds. The van der Waals surface area contributed by atoms with Crippen molar-refractivity contribution in [3.8, 4) is 0 Å². The number of carbonyl (C=O) groups is 3. The highest BCUT2D eigenvalue weighted by Gasteiger charge is 2.54. The molecule has 1 aromatic carbocycles. The number of hydrogen-bond donors (Lipinski definition) is 2. The summed E-state index contributed by atoms with van der Waals surface area (Å²) in [5.74, 6) is -0.118. The van der Waals surface area contributed by atoms with Crippen LogP contribution in [0.5, 0.6) is 0 Å². The van der Waals surface area contributed by atoms with Gasteiger partial charge in [-0.3, -0.25) is 14.5 Å². The molecule has 1 aliphatic heterocycles. The van der Waals surface area contributed by atoms with Gasteiger partial charge in [-0.25, -0.2) is 4.79 Å². The van der Waals surface area contributed by atoms with E-state index in [0.717, 1.165) is 48.1 Å². The topological polar surface area (TPSA) is 78.5 Å². The SMILES string of the molecule is C[C@H]1CCCC[C@H]1NC(=O)CN1C(=O)N[C@]2(CCCc3ccccc32)C1=O. The second kappa shape index (κ2) is 6.98. The summed E-state index contributed by atoms with van der Waals surface area (Å²) in [5, 5.41) is 5.93. The van der Waals surface area contributed by atoms with E-state index in [1.54, 1.807) is 0 Å². The molecule has 4 rings (SSSR count). The summed E-state index contributed by atoms with van der Waals surface area (Å²) in [6, 6.07) is 7.44. The van der Waals surface area contributed by atoms with Crippen LogP contribution in [0, 0.1) is 5.92 Å². The van der Waals surface area contributed by atoms with E-state index in [2.05, 4.69) is 17.6 Å². The number of nitrogens with one attached hydrogen (secondary N) is 2. The molecule has 27 heavy (non-hydrogen) atoms. The first kappa shape index (κ1) is 18.0. The largest absolute Gasteiger partial charge is 0.352 e. The van der Waals surface area contributed by atoms with Gasteiger partial charge in [0, 0.05) is 6.04 Å². The molecule has 1 heterocycles. The van der Waals surface area contributed by atoms with Crippen LogP contribution in [-0.4, -0.2) is 35.3 Å². The van der Waals surface area contributed by atoms with Gasteiger partial charge in [0.2, 0.25) is 5.91 Å². The zero-order valence-electron chi connectivity index (χ0n) is 15.8. The van der Waals surface area contributed by atoms with Gasteiger partial charge in [-0.2, -0.15) is 0 Å².